The average molecular weight is 257 g/mol. The Morgan fingerprint density at radius 2 is 2.11 bits per heavy atom. The van der Waals surface area contributed by atoms with Gasteiger partial charge in [-0.15, -0.1) is 0 Å². The van der Waals surface area contributed by atoms with E-state index in [1.165, 1.54) is 13.0 Å². The number of rotatable bonds is 7. The van der Waals surface area contributed by atoms with Crippen LogP contribution < -0.4 is 5.32 Å². The molecule has 0 aromatic rings. The Labute approximate surface area is 112 Å². The molecule has 0 spiro atoms. The number of nitrogens with one attached hydrogen (secondary N) is 1. The van der Waals surface area contributed by atoms with Crippen LogP contribution in [0.1, 0.15) is 33.6 Å². The summed E-state index contributed by atoms with van der Waals surface area (Å²) in [7, 11) is 4.32. The van der Waals surface area contributed by atoms with Gasteiger partial charge in [-0.3, -0.25) is 0 Å². The molecule has 0 bridgehead atoms. The molecule has 2 N–H and O–H groups in total. The molecule has 1 heterocycles. The molecule has 108 valence electrons. The van der Waals surface area contributed by atoms with E-state index in [1.807, 2.05) is 0 Å². The van der Waals surface area contributed by atoms with E-state index < -0.39 is 0 Å². The minimum Gasteiger partial charge on any atom is -0.394 e. The van der Waals surface area contributed by atoms with E-state index in [2.05, 4.69) is 50.0 Å². The molecular weight excluding hydrogens is 226 g/mol. The number of hydrogen-bond donors (Lipinski definition) is 2. The summed E-state index contributed by atoms with van der Waals surface area (Å²) >= 11 is 0. The van der Waals surface area contributed by atoms with Crippen molar-refractivity contribution in [2.75, 3.05) is 40.3 Å². The lowest BCUT2D eigenvalue weighted by Crippen LogP contribution is -2.50. The van der Waals surface area contributed by atoms with Crippen LogP contribution in [0.3, 0.4) is 0 Å². The maximum Gasteiger partial charge on any atom is 0.0611 e. The highest BCUT2D eigenvalue weighted by atomic mass is 16.3. The summed E-state index contributed by atoms with van der Waals surface area (Å²) in [5, 5.41) is 13.0. The Morgan fingerprint density at radius 3 is 2.56 bits per heavy atom. The van der Waals surface area contributed by atoms with Gasteiger partial charge < -0.3 is 20.2 Å². The number of aliphatic hydroxyl groups is 1. The Hall–Kier alpha value is -0.160. The van der Waals surface area contributed by atoms with Crippen LogP contribution in [0.25, 0.3) is 0 Å². The van der Waals surface area contributed by atoms with E-state index in [-0.39, 0.29) is 12.1 Å². The van der Waals surface area contributed by atoms with E-state index >= 15 is 0 Å². The smallest absolute Gasteiger partial charge is 0.0611 e. The molecule has 0 radical (unpaired) electrons. The third-order valence-electron chi connectivity index (χ3n) is 3.94. The maximum atomic E-state index is 9.56. The summed E-state index contributed by atoms with van der Waals surface area (Å²) < 4.78 is 0. The van der Waals surface area contributed by atoms with Gasteiger partial charge in [0.2, 0.25) is 0 Å². The highest BCUT2D eigenvalue weighted by molar-refractivity contribution is 4.87. The van der Waals surface area contributed by atoms with Crippen LogP contribution >= 0.6 is 0 Å². The van der Waals surface area contributed by atoms with Crippen molar-refractivity contribution in [3.63, 3.8) is 0 Å². The third kappa shape index (κ3) is 4.84. The zero-order valence-electron chi connectivity index (χ0n) is 12.7. The molecule has 1 aliphatic heterocycles. The van der Waals surface area contributed by atoms with Crippen molar-refractivity contribution in [1.29, 1.82) is 0 Å². The predicted molar refractivity (Wildman–Crippen MR) is 76.9 cm³/mol. The number of hydrogen-bond acceptors (Lipinski definition) is 4. The summed E-state index contributed by atoms with van der Waals surface area (Å²) in [4.78, 5) is 4.83. The highest BCUT2D eigenvalue weighted by Gasteiger charge is 2.28. The van der Waals surface area contributed by atoms with Gasteiger partial charge in [-0.25, -0.2) is 0 Å². The van der Waals surface area contributed by atoms with Gasteiger partial charge in [0, 0.05) is 30.7 Å². The van der Waals surface area contributed by atoms with Crippen molar-refractivity contribution < 1.29 is 5.11 Å². The Morgan fingerprint density at radius 1 is 1.44 bits per heavy atom. The monoisotopic (exact) mass is 257 g/mol. The van der Waals surface area contributed by atoms with E-state index in [0.29, 0.717) is 12.1 Å². The number of aliphatic hydroxyl groups excluding tert-OH is 1. The molecule has 0 amide bonds. The second kappa shape index (κ2) is 6.85. The first kappa shape index (κ1) is 15.9. The average Bonchev–Trinajstić information content (AvgIpc) is 2.74. The van der Waals surface area contributed by atoms with Gasteiger partial charge in [0.1, 0.15) is 0 Å². The van der Waals surface area contributed by atoms with Crippen LogP contribution in [-0.2, 0) is 0 Å². The molecule has 0 saturated carbocycles. The SMILES string of the molecule is CC(C)NC(C)(CO)CCN1CCC(N(C)C)C1. The maximum absolute atomic E-state index is 9.56. The number of nitrogens with zero attached hydrogens (tertiary/aromatic N) is 2. The molecule has 1 aliphatic rings. The molecule has 2 atom stereocenters. The fourth-order valence-electron chi connectivity index (χ4n) is 2.74. The Kier molecular flexibility index (Phi) is 6.05. The lowest BCUT2D eigenvalue weighted by molar-refractivity contribution is 0.141. The minimum atomic E-state index is -0.148. The van der Waals surface area contributed by atoms with Crippen LogP contribution in [0, 0.1) is 0 Å². The zero-order valence-corrected chi connectivity index (χ0v) is 12.7. The third-order valence-corrected chi connectivity index (χ3v) is 3.94. The molecule has 4 heteroatoms. The summed E-state index contributed by atoms with van der Waals surface area (Å²) in [6, 6.07) is 1.11. The first-order valence-corrected chi connectivity index (χ1v) is 7.13. The fraction of sp³-hybridized carbons (Fsp3) is 1.00. The Balaban J connectivity index is 2.35. The highest BCUT2D eigenvalue weighted by Crippen LogP contribution is 2.17. The van der Waals surface area contributed by atoms with Gasteiger partial charge in [-0.1, -0.05) is 13.8 Å². The summed E-state index contributed by atoms with van der Waals surface area (Å²) in [5.41, 5.74) is -0.148. The lowest BCUT2D eigenvalue weighted by Gasteiger charge is -2.33. The summed E-state index contributed by atoms with van der Waals surface area (Å²) in [6.45, 7) is 10.0. The molecule has 0 aromatic heterocycles. The lowest BCUT2D eigenvalue weighted by atomic mass is 9.97. The van der Waals surface area contributed by atoms with Gasteiger partial charge in [0.25, 0.3) is 0 Å². The number of likely N-dealkylation sites (N-methyl/N-ethyl adjacent to an activating group) is 1. The van der Waals surface area contributed by atoms with E-state index in [0.717, 1.165) is 19.5 Å². The largest absolute Gasteiger partial charge is 0.394 e. The molecule has 1 fully saturated rings. The summed E-state index contributed by atoms with van der Waals surface area (Å²) in [5.74, 6) is 0. The van der Waals surface area contributed by atoms with Crippen LogP contribution in [0.5, 0.6) is 0 Å². The molecular formula is C14H31N3O. The van der Waals surface area contributed by atoms with Gasteiger partial charge in [0.05, 0.1) is 6.61 Å². The molecule has 4 nitrogen and oxygen atoms in total. The van der Waals surface area contributed by atoms with Crippen LogP contribution in [0.15, 0.2) is 0 Å². The van der Waals surface area contributed by atoms with Gasteiger partial charge >= 0.3 is 0 Å². The van der Waals surface area contributed by atoms with Crippen LogP contribution in [0.4, 0.5) is 0 Å². The fourth-order valence-corrected chi connectivity index (χ4v) is 2.74. The molecule has 0 aromatic carbocycles. The van der Waals surface area contributed by atoms with Crippen molar-refractivity contribution in [2.24, 2.45) is 0 Å². The quantitative estimate of drug-likeness (QED) is 0.706. The van der Waals surface area contributed by atoms with Crippen molar-refractivity contribution in [3.8, 4) is 0 Å². The van der Waals surface area contributed by atoms with Gasteiger partial charge in [-0.05, 0) is 40.4 Å². The predicted octanol–water partition coefficient (Wildman–Crippen LogP) is 0.761. The van der Waals surface area contributed by atoms with E-state index in [1.54, 1.807) is 0 Å². The van der Waals surface area contributed by atoms with E-state index in [9.17, 15) is 5.11 Å². The second-order valence-corrected chi connectivity index (χ2v) is 6.47. The molecule has 18 heavy (non-hydrogen) atoms. The number of likely N-dealkylation sites (tertiary alicyclic amines) is 1. The molecule has 2 unspecified atom stereocenters. The molecule has 1 rings (SSSR count). The minimum absolute atomic E-state index is 0.148. The van der Waals surface area contributed by atoms with Crippen LogP contribution in [0.2, 0.25) is 0 Å². The standard InChI is InChI=1S/C14H31N3O/c1-12(2)15-14(3,11-18)7-9-17-8-6-13(10-17)16(4)5/h12-13,15,18H,6-11H2,1-5H3. The van der Waals surface area contributed by atoms with Crippen LogP contribution in [-0.4, -0.2) is 72.9 Å². The van der Waals surface area contributed by atoms with Gasteiger partial charge in [-0.2, -0.15) is 0 Å². The summed E-state index contributed by atoms with van der Waals surface area (Å²) in [6.07, 6.45) is 2.27. The Bertz CT molecular complexity index is 245. The molecule has 0 aliphatic carbocycles. The van der Waals surface area contributed by atoms with Crippen molar-refractivity contribution in [2.45, 2.75) is 51.2 Å². The van der Waals surface area contributed by atoms with Crippen molar-refractivity contribution in [1.82, 2.24) is 15.1 Å². The molecule has 1 saturated heterocycles. The van der Waals surface area contributed by atoms with E-state index in [4.69, 9.17) is 0 Å². The van der Waals surface area contributed by atoms with Gasteiger partial charge in [0.15, 0.2) is 0 Å². The normalized spacial score (nSPS) is 25.0. The first-order chi connectivity index (χ1) is 8.36. The topological polar surface area (TPSA) is 38.7 Å². The zero-order chi connectivity index (χ0) is 13.8. The second-order valence-electron chi connectivity index (χ2n) is 6.47. The van der Waals surface area contributed by atoms with Crippen molar-refractivity contribution in [3.05, 3.63) is 0 Å². The first-order valence-electron chi connectivity index (χ1n) is 7.13. The van der Waals surface area contributed by atoms with Crippen molar-refractivity contribution >= 4 is 0 Å².